The molecule has 0 saturated carbocycles. The number of para-hydroxylation sites is 1. The lowest BCUT2D eigenvalue weighted by Gasteiger charge is -2.37. The first-order valence-corrected chi connectivity index (χ1v) is 8.36. The van der Waals surface area contributed by atoms with Gasteiger partial charge < -0.3 is 15.1 Å². The Morgan fingerprint density at radius 2 is 2.00 bits per heavy atom. The van der Waals surface area contributed by atoms with Crippen LogP contribution in [0.4, 0.5) is 10.8 Å². The van der Waals surface area contributed by atoms with Crippen LogP contribution in [0.1, 0.15) is 5.56 Å². The molecule has 1 aromatic carbocycles. The maximum absolute atomic E-state index is 6.44. The molecule has 0 amide bonds. The van der Waals surface area contributed by atoms with Crippen LogP contribution in [0.15, 0.2) is 29.8 Å². The van der Waals surface area contributed by atoms with E-state index in [4.69, 9.17) is 11.6 Å². The third-order valence-corrected chi connectivity index (χ3v) is 4.86. The van der Waals surface area contributed by atoms with Crippen molar-refractivity contribution < 1.29 is 0 Å². The molecule has 2 aromatic rings. The maximum Gasteiger partial charge on any atom is 0.185 e. The van der Waals surface area contributed by atoms with Crippen LogP contribution in [0.25, 0.3) is 0 Å². The van der Waals surface area contributed by atoms with Gasteiger partial charge in [0.25, 0.3) is 0 Å². The molecule has 0 atom stereocenters. The first-order valence-electron chi connectivity index (χ1n) is 7.11. The van der Waals surface area contributed by atoms with Crippen molar-refractivity contribution in [1.29, 1.82) is 0 Å². The predicted molar refractivity (Wildman–Crippen MR) is 90.8 cm³/mol. The fourth-order valence-electron chi connectivity index (χ4n) is 2.74. The van der Waals surface area contributed by atoms with E-state index in [2.05, 4.69) is 26.2 Å². The molecule has 1 saturated heterocycles. The van der Waals surface area contributed by atoms with Crippen LogP contribution in [0.5, 0.6) is 0 Å². The summed E-state index contributed by atoms with van der Waals surface area (Å²) in [6.45, 7) is 4.75. The summed E-state index contributed by atoms with van der Waals surface area (Å²) in [7, 11) is 1.96. The van der Waals surface area contributed by atoms with Gasteiger partial charge in [-0.25, -0.2) is 4.98 Å². The van der Waals surface area contributed by atoms with E-state index in [1.165, 1.54) is 11.3 Å². The van der Waals surface area contributed by atoms with Crippen LogP contribution < -0.4 is 15.1 Å². The number of nitrogens with one attached hydrogen (secondary N) is 1. The average Bonchev–Trinajstić information content (AvgIpc) is 3.02. The number of benzene rings is 1. The van der Waals surface area contributed by atoms with Crippen LogP contribution in [-0.2, 0) is 6.54 Å². The summed E-state index contributed by atoms with van der Waals surface area (Å²) in [5.41, 5.74) is 2.43. The van der Waals surface area contributed by atoms with Crippen LogP contribution in [-0.4, -0.2) is 38.2 Å². The van der Waals surface area contributed by atoms with Gasteiger partial charge in [-0.2, -0.15) is 0 Å². The highest BCUT2D eigenvalue weighted by Crippen LogP contribution is 2.31. The number of thiazole rings is 1. The molecule has 21 heavy (non-hydrogen) atoms. The van der Waals surface area contributed by atoms with E-state index in [1.807, 2.05) is 30.8 Å². The Hall–Kier alpha value is -1.30. The highest BCUT2D eigenvalue weighted by Gasteiger charge is 2.22. The van der Waals surface area contributed by atoms with Crippen molar-refractivity contribution in [3.05, 3.63) is 40.4 Å². The molecule has 1 aliphatic rings. The van der Waals surface area contributed by atoms with Gasteiger partial charge in [0.15, 0.2) is 5.13 Å². The SMILES string of the molecule is CNCc1cccc(Cl)c1N1CCN(c2nccs2)CC1. The van der Waals surface area contributed by atoms with Gasteiger partial charge in [-0.15, -0.1) is 11.3 Å². The quantitative estimate of drug-likeness (QED) is 0.938. The van der Waals surface area contributed by atoms with Gasteiger partial charge in [0.2, 0.25) is 0 Å². The maximum atomic E-state index is 6.44. The molecule has 1 N–H and O–H groups in total. The lowest BCUT2D eigenvalue weighted by Crippen LogP contribution is -2.47. The molecule has 1 fully saturated rings. The number of nitrogens with zero attached hydrogens (tertiary/aromatic N) is 3. The van der Waals surface area contributed by atoms with E-state index in [0.29, 0.717) is 0 Å². The Balaban J connectivity index is 1.75. The number of hydrogen-bond acceptors (Lipinski definition) is 5. The Morgan fingerprint density at radius 1 is 1.24 bits per heavy atom. The van der Waals surface area contributed by atoms with Gasteiger partial charge in [0, 0.05) is 44.3 Å². The number of anilines is 2. The zero-order valence-corrected chi connectivity index (χ0v) is 13.6. The average molecular weight is 323 g/mol. The van der Waals surface area contributed by atoms with E-state index < -0.39 is 0 Å². The van der Waals surface area contributed by atoms with E-state index in [1.54, 1.807) is 11.3 Å². The number of rotatable bonds is 4. The summed E-state index contributed by atoms with van der Waals surface area (Å²) < 4.78 is 0. The minimum atomic E-state index is 0.836. The molecular formula is C15H19ClN4S. The largest absolute Gasteiger partial charge is 0.367 e. The zero-order valence-electron chi connectivity index (χ0n) is 12.1. The summed E-state index contributed by atoms with van der Waals surface area (Å²) in [5.74, 6) is 0. The van der Waals surface area contributed by atoms with E-state index in [0.717, 1.165) is 42.9 Å². The first-order chi connectivity index (χ1) is 10.3. The fraction of sp³-hybridized carbons (Fsp3) is 0.400. The van der Waals surface area contributed by atoms with Crippen molar-refractivity contribution in [2.75, 3.05) is 43.0 Å². The Bertz CT molecular complexity index is 579. The molecular weight excluding hydrogens is 304 g/mol. The second-order valence-electron chi connectivity index (χ2n) is 5.07. The van der Waals surface area contributed by atoms with Crippen LogP contribution >= 0.6 is 22.9 Å². The van der Waals surface area contributed by atoms with Crippen LogP contribution in [0, 0.1) is 0 Å². The highest BCUT2D eigenvalue weighted by atomic mass is 35.5. The van der Waals surface area contributed by atoms with Crippen molar-refractivity contribution in [3.8, 4) is 0 Å². The molecule has 0 aliphatic carbocycles. The molecule has 2 heterocycles. The van der Waals surface area contributed by atoms with E-state index >= 15 is 0 Å². The van der Waals surface area contributed by atoms with Crippen molar-refractivity contribution >= 4 is 33.8 Å². The fourth-order valence-corrected chi connectivity index (χ4v) is 3.75. The zero-order chi connectivity index (χ0) is 14.7. The second kappa shape index (κ2) is 6.64. The monoisotopic (exact) mass is 322 g/mol. The highest BCUT2D eigenvalue weighted by molar-refractivity contribution is 7.13. The van der Waals surface area contributed by atoms with Gasteiger partial charge in [-0.1, -0.05) is 23.7 Å². The normalized spacial score (nSPS) is 15.5. The van der Waals surface area contributed by atoms with Gasteiger partial charge >= 0.3 is 0 Å². The van der Waals surface area contributed by atoms with Crippen LogP contribution in [0.2, 0.25) is 5.02 Å². The molecule has 1 aromatic heterocycles. The lowest BCUT2D eigenvalue weighted by molar-refractivity contribution is 0.648. The molecule has 3 rings (SSSR count). The standard InChI is InChI=1S/C15H19ClN4S/c1-17-11-12-3-2-4-13(16)14(12)19-6-8-20(9-7-19)15-18-5-10-21-15/h2-5,10,17H,6-9,11H2,1H3. The minimum Gasteiger partial charge on any atom is -0.367 e. The summed E-state index contributed by atoms with van der Waals surface area (Å²) in [6.07, 6.45) is 1.87. The molecule has 0 unspecified atom stereocenters. The van der Waals surface area contributed by atoms with E-state index in [9.17, 15) is 0 Å². The summed E-state index contributed by atoms with van der Waals surface area (Å²) >= 11 is 8.14. The topological polar surface area (TPSA) is 31.4 Å². The Kier molecular flexibility index (Phi) is 4.63. The molecule has 1 aliphatic heterocycles. The summed E-state index contributed by atoms with van der Waals surface area (Å²) in [4.78, 5) is 9.12. The van der Waals surface area contributed by atoms with Crippen molar-refractivity contribution in [2.45, 2.75) is 6.54 Å². The number of aromatic nitrogens is 1. The molecule has 6 heteroatoms. The third-order valence-electron chi connectivity index (χ3n) is 3.72. The van der Waals surface area contributed by atoms with Crippen molar-refractivity contribution in [3.63, 3.8) is 0 Å². The summed E-state index contributed by atoms with van der Waals surface area (Å²) in [6, 6.07) is 6.14. The Morgan fingerprint density at radius 3 is 2.67 bits per heavy atom. The van der Waals surface area contributed by atoms with E-state index in [-0.39, 0.29) is 0 Å². The van der Waals surface area contributed by atoms with Gasteiger partial charge in [0.05, 0.1) is 10.7 Å². The van der Waals surface area contributed by atoms with Crippen molar-refractivity contribution in [1.82, 2.24) is 10.3 Å². The van der Waals surface area contributed by atoms with Crippen molar-refractivity contribution in [2.24, 2.45) is 0 Å². The van der Waals surface area contributed by atoms with Gasteiger partial charge in [-0.3, -0.25) is 0 Å². The molecule has 0 spiro atoms. The molecule has 0 radical (unpaired) electrons. The predicted octanol–water partition coefficient (Wildman–Crippen LogP) is 2.84. The van der Waals surface area contributed by atoms with Crippen LogP contribution in [0.3, 0.4) is 0 Å². The molecule has 112 valence electrons. The first kappa shape index (κ1) is 14.6. The Labute approximate surface area is 134 Å². The number of halogens is 1. The van der Waals surface area contributed by atoms with Gasteiger partial charge in [0.1, 0.15) is 0 Å². The smallest absolute Gasteiger partial charge is 0.185 e. The lowest BCUT2D eigenvalue weighted by atomic mass is 10.1. The molecule has 0 bridgehead atoms. The summed E-state index contributed by atoms with van der Waals surface area (Å²) in [5, 5.41) is 7.20. The number of hydrogen-bond donors (Lipinski definition) is 1. The van der Waals surface area contributed by atoms with Gasteiger partial charge in [-0.05, 0) is 18.7 Å². The third kappa shape index (κ3) is 3.15. The molecule has 4 nitrogen and oxygen atoms in total. The number of piperazine rings is 1. The second-order valence-corrected chi connectivity index (χ2v) is 6.35. The minimum absolute atomic E-state index is 0.836.